The lowest BCUT2D eigenvalue weighted by atomic mass is 9.90. The Morgan fingerprint density at radius 3 is 2.46 bits per heavy atom. The smallest absolute Gasteiger partial charge is 0.406 e. The van der Waals surface area contributed by atoms with Crippen molar-refractivity contribution in [3.05, 3.63) is 34.3 Å². The first kappa shape index (κ1) is 15.1. The summed E-state index contributed by atoms with van der Waals surface area (Å²) in [4.78, 5) is 36.8. The van der Waals surface area contributed by atoms with Crippen LogP contribution < -0.4 is 16.1 Å². The van der Waals surface area contributed by atoms with Gasteiger partial charge in [-0.3, -0.25) is 9.59 Å². The third-order valence-corrected chi connectivity index (χ3v) is 4.85. The third kappa shape index (κ3) is 2.36. The Hall–Kier alpha value is -2.41. The molecular weight excluding hydrogens is 310 g/mol. The third-order valence-electron chi connectivity index (χ3n) is 4.85. The fourth-order valence-corrected chi connectivity index (χ4v) is 3.66. The van der Waals surface area contributed by atoms with Crippen LogP contribution in [0.15, 0.2) is 27.4 Å². The van der Waals surface area contributed by atoms with Gasteiger partial charge in [0.05, 0.1) is 0 Å². The van der Waals surface area contributed by atoms with Crippen LogP contribution in [0.5, 0.6) is 0 Å². The summed E-state index contributed by atoms with van der Waals surface area (Å²) in [5, 5.41) is 4.27. The maximum atomic E-state index is 12.4. The number of fused-ring (bicyclic) bond motifs is 1. The molecule has 0 atom stereocenters. The van der Waals surface area contributed by atoms with E-state index < -0.39 is 5.76 Å². The van der Waals surface area contributed by atoms with Gasteiger partial charge in [0.2, 0.25) is 11.8 Å². The van der Waals surface area contributed by atoms with Gasteiger partial charge in [-0.15, -0.1) is 0 Å². The van der Waals surface area contributed by atoms with Crippen molar-refractivity contribution in [3.63, 3.8) is 0 Å². The minimum atomic E-state index is -0.685. The van der Waals surface area contributed by atoms with Gasteiger partial charge in [-0.05, 0) is 44.3 Å². The van der Waals surface area contributed by atoms with E-state index >= 15 is 0 Å². The Kier molecular flexibility index (Phi) is 3.72. The highest BCUT2D eigenvalue weighted by molar-refractivity contribution is 6.10. The van der Waals surface area contributed by atoms with E-state index in [1.807, 2.05) is 12.1 Å². The number of carbonyl (C=O) groups excluding carboxylic acids is 2. The van der Waals surface area contributed by atoms with Crippen LogP contribution in [0, 0.1) is 0 Å². The highest BCUT2D eigenvalue weighted by atomic mass is 16.4. The number of piperidine rings is 2. The average Bonchev–Trinajstić information content (AvgIpc) is 2.92. The average molecular weight is 329 g/mol. The Morgan fingerprint density at radius 1 is 1.04 bits per heavy atom. The molecule has 0 saturated carbocycles. The maximum Gasteiger partial charge on any atom is 0.439 e. The van der Waals surface area contributed by atoms with Gasteiger partial charge < -0.3 is 9.73 Å². The predicted molar refractivity (Wildman–Crippen MR) is 87.4 cm³/mol. The van der Waals surface area contributed by atoms with Gasteiger partial charge in [0.15, 0.2) is 5.58 Å². The fourth-order valence-electron chi connectivity index (χ4n) is 3.66. The number of oxazole rings is 1. The van der Waals surface area contributed by atoms with Gasteiger partial charge in [0.25, 0.3) is 0 Å². The number of hydrogen-bond acceptors (Lipinski definition) is 5. The van der Waals surface area contributed by atoms with E-state index in [-0.39, 0.29) is 24.7 Å². The molecule has 3 heterocycles. The van der Waals surface area contributed by atoms with Crippen molar-refractivity contribution < 1.29 is 14.0 Å². The van der Waals surface area contributed by atoms with Crippen LogP contribution in [0.1, 0.15) is 43.6 Å². The van der Waals surface area contributed by atoms with Crippen molar-refractivity contribution >= 4 is 22.9 Å². The molecule has 1 N–H and O–H groups in total. The number of hydrogen-bond donors (Lipinski definition) is 1. The topological polar surface area (TPSA) is 84.6 Å². The first-order chi connectivity index (χ1) is 11.7. The van der Waals surface area contributed by atoms with E-state index in [2.05, 4.69) is 5.32 Å². The number of amides is 2. The van der Waals surface area contributed by atoms with E-state index in [9.17, 15) is 14.4 Å². The minimum absolute atomic E-state index is 0.263. The van der Waals surface area contributed by atoms with Crippen LogP contribution in [-0.2, 0) is 9.59 Å². The van der Waals surface area contributed by atoms with Gasteiger partial charge in [-0.1, -0.05) is 12.1 Å². The number of carbonyl (C=O) groups is 2. The molecule has 2 fully saturated rings. The molecule has 2 aliphatic rings. The quantitative estimate of drug-likeness (QED) is 0.838. The molecule has 0 spiro atoms. The van der Waals surface area contributed by atoms with E-state index in [4.69, 9.17) is 4.42 Å². The molecule has 0 unspecified atom stereocenters. The van der Waals surface area contributed by atoms with Crippen LogP contribution in [-0.4, -0.2) is 29.6 Å². The molecule has 24 heavy (non-hydrogen) atoms. The standard InChI is InChI=1S/C17H19N3O4/c21-14-5-2-6-15(22)20(14)19-13-4-1-3-12(16(13)24-17(19)23)11-7-9-18-10-8-11/h1,3-4,11,18H,2,5-10H2. The van der Waals surface area contributed by atoms with Gasteiger partial charge in [0, 0.05) is 18.4 Å². The summed E-state index contributed by atoms with van der Waals surface area (Å²) in [6, 6.07) is 5.54. The second kappa shape index (κ2) is 5.90. The number of imide groups is 1. The van der Waals surface area contributed by atoms with Gasteiger partial charge in [0.1, 0.15) is 5.52 Å². The van der Waals surface area contributed by atoms with Crippen molar-refractivity contribution in [2.75, 3.05) is 18.1 Å². The van der Waals surface area contributed by atoms with Crippen LogP contribution in [0.4, 0.5) is 0 Å². The molecule has 2 aliphatic heterocycles. The number of nitrogens with zero attached hydrogens (tertiary/aromatic N) is 2. The van der Waals surface area contributed by atoms with E-state index in [0.29, 0.717) is 23.4 Å². The molecular formula is C17H19N3O4. The van der Waals surface area contributed by atoms with Crippen molar-refractivity contribution in [1.29, 1.82) is 0 Å². The lowest BCUT2D eigenvalue weighted by Crippen LogP contribution is -2.51. The monoisotopic (exact) mass is 329 g/mol. The Balaban J connectivity index is 1.86. The summed E-state index contributed by atoms with van der Waals surface area (Å²) in [6.07, 6.45) is 2.99. The second-order valence-corrected chi connectivity index (χ2v) is 6.35. The first-order valence-corrected chi connectivity index (χ1v) is 8.38. The van der Waals surface area contributed by atoms with Gasteiger partial charge >= 0.3 is 5.76 Å². The van der Waals surface area contributed by atoms with Crippen LogP contribution in [0.2, 0.25) is 0 Å². The number of benzene rings is 1. The molecule has 1 aromatic heterocycles. The maximum absolute atomic E-state index is 12.4. The van der Waals surface area contributed by atoms with Crippen LogP contribution >= 0.6 is 0 Å². The molecule has 2 amide bonds. The number of nitrogens with one attached hydrogen (secondary N) is 1. The Labute approximate surface area is 138 Å². The lowest BCUT2D eigenvalue weighted by molar-refractivity contribution is -0.131. The van der Waals surface area contributed by atoms with E-state index in [1.54, 1.807) is 6.07 Å². The number of aromatic nitrogens is 1. The summed E-state index contributed by atoms with van der Waals surface area (Å²) in [5.74, 6) is -1.09. The molecule has 4 rings (SSSR count). The van der Waals surface area contributed by atoms with Crippen LogP contribution in [0.3, 0.4) is 0 Å². The summed E-state index contributed by atoms with van der Waals surface area (Å²) >= 11 is 0. The molecule has 7 nitrogen and oxygen atoms in total. The summed E-state index contributed by atoms with van der Waals surface area (Å²) in [7, 11) is 0. The molecule has 0 radical (unpaired) electrons. The highest BCUT2D eigenvalue weighted by Crippen LogP contribution is 2.31. The Morgan fingerprint density at radius 2 is 1.75 bits per heavy atom. The normalized spacial score (nSPS) is 20.1. The Bertz CT molecular complexity index is 844. The van der Waals surface area contributed by atoms with Crippen molar-refractivity contribution in [2.45, 2.75) is 38.0 Å². The number of rotatable bonds is 2. The first-order valence-electron chi connectivity index (χ1n) is 8.38. The zero-order valence-electron chi connectivity index (χ0n) is 13.3. The molecule has 7 heteroatoms. The van der Waals surface area contributed by atoms with Crippen LogP contribution in [0.25, 0.3) is 11.1 Å². The molecule has 0 aliphatic carbocycles. The van der Waals surface area contributed by atoms with Crippen molar-refractivity contribution in [1.82, 2.24) is 9.99 Å². The lowest BCUT2D eigenvalue weighted by Gasteiger charge is -2.25. The fraction of sp³-hybridized carbons (Fsp3) is 0.471. The SMILES string of the molecule is O=C1CCCC(=O)N1n1c(=O)oc2c(C3CCNCC3)cccc21. The molecule has 1 aromatic carbocycles. The van der Waals surface area contributed by atoms with Crippen molar-refractivity contribution in [2.24, 2.45) is 0 Å². The zero-order valence-corrected chi connectivity index (χ0v) is 13.3. The van der Waals surface area contributed by atoms with E-state index in [0.717, 1.165) is 41.2 Å². The minimum Gasteiger partial charge on any atom is -0.406 e. The second-order valence-electron chi connectivity index (χ2n) is 6.35. The van der Waals surface area contributed by atoms with E-state index in [1.165, 1.54) is 0 Å². The molecule has 126 valence electrons. The molecule has 0 bridgehead atoms. The number of para-hydroxylation sites is 1. The zero-order chi connectivity index (χ0) is 16.7. The summed E-state index contributed by atoms with van der Waals surface area (Å²) in [5.41, 5.74) is 1.95. The highest BCUT2D eigenvalue weighted by Gasteiger charge is 2.32. The molecule has 2 saturated heterocycles. The molecule has 2 aromatic rings. The summed E-state index contributed by atoms with van der Waals surface area (Å²) in [6.45, 7) is 1.85. The van der Waals surface area contributed by atoms with Crippen molar-refractivity contribution in [3.8, 4) is 0 Å². The van der Waals surface area contributed by atoms with Gasteiger partial charge in [-0.2, -0.15) is 9.69 Å². The summed E-state index contributed by atoms with van der Waals surface area (Å²) < 4.78 is 6.58. The van der Waals surface area contributed by atoms with Gasteiger partial charge in [-0.25, -0.2) is 4.79 Å². The predicted octanol–water partition coefficient (Wildman–Crippen LogP) is 1.24. The largest absolute Gasteiger partial charge is 0.439 e.